The number of halogens is 1. The molecule has 4 heteroatoms. The van der Waals surface area contributed by atoms with E-state index in [0.717, 1.165) is 28.8 Å². The summed E-state index contributed by atoms with van der Waals surface area (Å²) in [5.74, 6) is 0. The molecule has 1 N–H and O–H groups in total. The van der Waals surface area contributed by atoms with Crippen LogP contribution in [0.2, 0.25) is 0 Å². The van der Waals surface area contributed by atoms with Gasteiger partial charge in [0.25, 0.3) is 0 Å². The Labute approximate surface area is 111 Å². The number of hydrogen-bond donors (Lipinski definition) is 1. The average molecular weight is 300 g/mol. The second kappa shape index (κ2) is 5.38. The number of benzene rings is 1. The van der Waals surface area contributed by atoms with Crippen molar-refractivity contribution in [2.75, 3.05) is 18.6 Å². The van der Waals surface area contributed by atoms with Crippen molar-refractivity contribution in [3.8, 4) is 0 Å². The van der Waals surface area contributed by atoms with Crippen molar-refractivity contribution in [3.05, 3.63) is 28.2 Å². The summed E-state index contributed by atoms with van der Waals surface area (Å²) in [7, 11) is 2.07. The van der Waals surface area contributed by atoms with Gasteiger partial charge in [-0.1, -0.05) is 22.0 Å². The summed E-state index contributed by atoms with van der Waals surface area (Å²) in [4.78, 5) is 2.22. The minimum atomic E-state index is 0.0644. The molecule has 1 fully saturated rings. The molecule has 0 aromatic heterocycles. The van der Waals surface area contributed by atoms with Gasteiger partial charge in [-0.3, -0.25) is 0 Å². The number of likely N-dealkylation sites (N-methyl/N-ethyl adjacent to an activating group) is 1. The maximum absolute atomic E-state index is 9.39. The maximum atomic E-state index is 9.39. The standard InChI is InChI=1S/C13H18BrNO2/c1-9-12(5-6-17-9)15(2)13-7-11(14)4-3-10(13)8-16/h3-4,7,9,12,16H,5-6,8H2,1-2H3. The number of aliphatic hydroxyl groups excluding tert-OH is 1. The quantitative estimate of drug-likeness (QED) is 0.931. The fraction of sp³-hybridized carbons (Fsp3) is 0.538. The van der Waals surface area contributed by atoms with E-state index in [0.29, 0.717) is 6.04 Å². The number of rotatable bonds is 3. The lowest BCUT2D eigenvalue weighted by atomic mass is 10.1. The Hall–Kier alpha value is -0.580. The SMILES string of the molecule is CC1OCCC1N(C)c1cc(Br)ccc1CO. The van der Waals surface area contributed by atoms with Gasteiger partial charge in [-0.05, 0) is 25.5 Å². The molecule has 0 radical (unpaired) electrons. The molecule has 0 aliphatic carbocycles. The Morgan fingerprint density at radius 1 is 1.53 bits per heavy atom. The van der Waals surface area contributed by atoms with Crippen LogP contribution in [0.25, 0.3) is 0 Å². The highest BCUT2D eigenvalue weighted by Gasteiger charge is 2.28. The first-order valence-electron chi connectivity index (χ1n) is 5.87. The van der Waals surface area contributed by atoms with Crippen LogP contribution >= 0.6 is 15.9 Å². The number of ether oxygens (including phenoxy) is 1. The van der Waals surface area contributed by atoms with E-state index < -0.39 is 0 Å². The fourth-order valence-electron chi connectivity index (χ4n) is 2.41. The van der Waals surface area contributed by atoms with Crippen molar-refractivity contribution < 1.29 is 9.84 Å². The Morgan fingerprint density at radius 2 is 2.29 bits per heavy atom. The lowest BCUT2D eigenvalue weighted by Gasteiger charge is -2.30. The second-order valence-corrected chi connectivity index (χ2v) is 5.39. The van der Waals surface area contributed by atoms with Gasteiger partial charge in [0.05, 0.1) is 18.8 Å². The first kappa shape index (κ1) is 12.9. The number of aliphatic hydroxyl groups is 1. The Morgan fingerprint density at radius 3 is 2.88 bits per heavy atom. The molecule has 94 valence electrons. The molecule has 17 heavy (non-hydrogen) atoms. The topological polar surface area (TPSA) is 32.7 Å². The molecule has 1 aromatic rings. The second-order valence-electron chi connectivity index (χ2n) is 4.47. The smallest absolute Gasteiger partial charge is 0.0750 e. The zero-order chi connectivity index (χ0) is 12.4. The van der Waals surface area contributed by atoms with Crippen molar-refractivity contribution >= 4 is 21.6 Å². The molecule has 1 heterocycles. The van der Waals surface area contributed by atoms with Crippen LogP contribution < -0.4 is 4.90 Å². The molecule has 1 aliphatic rings. The molecule has 0 spiro atoms. The first-order chi connectivity index (χ1) is 8.13. The summed E-state index contributed by atoms with van der Waals surface area (Å²) in [6, 6.07) is 6.35. The highest BCUT2D eigenvalue weighted by atomic mass is 79.9. The molecule has 1 aromatic carbocycles. The summed E-state index contributed by atoms with van der Waals surface area (Å²) < 4.78 is 6.63. The molecule has 1 aliphatic heterocycles. The molecular formula is C13H18BrNO2. The summed E-state index contributed by atoms with van der Waals surface area (Å²) >= 11 is 3.48. The Balaban J connectivity index is 2.28. The minimum absolute atomic E-state index is 0.0644. The summed E-state index contributed by atoms with van der Waals surface area (Å²) in [6.45, 7) is 2.98. The van der Waals surface area contributed by atoms with Crippen LogP contribution in [0.1, 0.15) is 18.9 Å². The molecular weight excluding hydrogens is 282 g/mol. The summed E-state index contributed by atoms with van der Waals surface area (Å²) in [6.07, 6.45) is 1.28. The van der Waals surface area contributed by atoms with Gasteiger partial charge in [0.2, 0.25) is 0 Å². The van der Waals surface area contributed by atoms with E-state index in [4.69, 9.17) is 4.74 Å². The predicted octanol–water partition coefficient (Wildman–Crippen LogP) is 2.56. The normalized spacial score (nSPS) is 24.0. The molecule has 0 amide bonds. The van der Waals surface area contributed by atoms with E-state index >= 15 is 0 Å². The largest absolute Gasteiger partial charge is 0.392 e. The average Bonchev–Trinajstić information content (AvgIpc) is 2.74. The van der Waals surface area contributed by atoms with Crippen LogP contribution in [0.5, 0.6) is 0 Å². The molecule has 2 atom stereocenters. The van der Waals surface area contributed by atoms with Crippen molar-refractivity contribution in [2.24, 2.45) is 0 Å². The summed E-state index contributed by atoms with van der Waals surface area (Å²) in [5, 5.41) is 9.39. The van der Waals surface area contributed by atoms with Crippen molar-refractivity contribution in [3.63, 3.8) is 0 Å². The van der Waals surface area contributed by atoms with Gasteiger partial charge in [0, 0.05) is 29.4 Å². The van der Waals surface area contributed by atoms with E-state index in [9.17, 15) is 5.11 Å². The third-order valence-electron chi connectivity index (χ3n) is 3.43. The third kappa shape index (κ3) is 2.64. The zero-order valence-electron chi connectivity index (χ0n) is 10.2. The minimum Gasteiger partial charge on any atom is -0.392 e. The molecule has 0 bridgehead atoms. The molecule has 3 nitrogen and oxygen atoms in total. The first-order valence-corrected chi connectivity index (χ1v) is 6.66. The van der Waals surface area contributed by atoms with E-state index in [2.05, 4.69) is 40.9 Å². The van der Waals surface area contributed by atoms with Gasteiger partial charge < -0.3 is 14.7 Å². The summed E-state index contributed by atoms with van der Waals surface area (Å²) in [5.41, 5.74) is 2.03. The number of anilines is 1. The van der Waals surface area contributed by atoms with E-state index in [1.807, 2.05) is 12.1 Å². The van der Waals surface area contributed by atoms with E-state index in [-0.39, 0.29) is 12.7 Å². The fourth-order valence-corrected chi connectivity index (χ4v) is 2.76. The van der Waals surface area contributed by atoms with Gasteiger partial charge in [-0.15, -0.1) is 0 Å². The van der Waals surface area contributed by atoms with E-state index in [1.54, 1.807) is 0 Å². The van der Waals surface area contributed by atoms with Crippen LogP contribution in [-0.4, -0.2) is 30.9 Å². The Bertz CT molecular complexity index is 397. The number of hydrogen-bond acceptors (Lipinski definition) is 3. The van der Waals surface area contributed by atoms with Crippen molar-refractivity contribution in [2.45, 2.75) is 32.1 Å². The predicted molar refractivity (Wildman–Crippen MR) is 72.3 cm³/mol. The lowest BCUT2D eigenvalue weighted by Crippen LogP contribution is -2.37. The van der Waals surface area contributed by atoms with Crippen LogP contribution in [0, 0.1) is 0 Å². The van der Waals surface area contributed by atoms with Crippen molar-refractivity contribution in [1.29, 1.82) is 0 Å². The number of nitrogens with zero attached hydrogens (tertiary/aromatic N) is 1. The molecule has 2 unspecified atom stereocenters. The highest BCUT2D eigenvalue weighted by Crippen LogP contribution is 2.29. The van der Waals surface area contributed by atoms with Crippen LogP contribution in [-0.2, 0) is 11.3 Å². The van der Waals surface area contributed by atoms with Gasteiger partial charge >= 0.3 is 0 Å². The molecule has 2 rings (SSSR count). The van der Waals surface area contributed by atoms with Gasteiger partial charge in [-0.25, -0.2) is 0 Å². The maximum Gasteiger partial charge on any atom is 0.0750 e. The zero-order valence-corrected chi connectivity index (χ0v) is 11.8. The lowest BCUT2D eigenvalue weighted by molar-refractivity contribution is 0.118. The van der Waals surface area contributed by atoms with Crippen LogP contribution in [0.4, 0.5) is 5.69 Å². The van der Waals surface area contributed by atoms with Gasteiger partial charge in [0.15, 0.2) is 0 Å². The Kier molecular flexibility index (Phi) is 4.07. The van der Waals surface area contributed by atoms with Crippen molar-refractivity contribution in [1.82, 2.24) is 0 Å². The molecule has 1 saturated heterocycles. The van der Waals surface area contributed by atoms with Crippen LogP contribution in [0.3, 0.4) is 0 Å². The van der Waals surface area contributed by atoms with E-state index in [1.165, 1.54) is 0 Å². The highest BCUT2D eigenvalue weighted by molar-refractivity contribution is 9.10. The third-order valence-corrected chi connectivity index (χ3v) is 3.92. The van der Waals surface area contributed by atoms with Crippen LogP contribution in [0.15, 0.2) is 22.7 Å². The van der Waals surface area contributed by atoms with Gasteiger partial charge in [-0.2, -0.15) is 0 Å². The van der Waals surface area contributed by atoms with Gasteiger partial charge in [0.1, 0.15) is 0 Å². The molecule has 0 saturated carbocycles. The monoisotopic (exact) mass is 299 g/mol.